The number of piperazine rings is 1. The van der Waals surface area contributed by atoms with Gasteiger partial charge < -0.3 is 9.30 Å². The molecule has 5 nitrogen and oxygen atoms in total. The average molecular weight is 356 g/mol. The summed E-state index contributed by atoms with van der Waals surface area (Å²) in [6.07, 6.45) is 5.77. The number of pyridine rings is 2. The molecule has 0 atom stereocenters. The lowest BCUT2D eigenvalue weighted by atomic mass is 10.2. The van der Waals surface area contributed by atoms with Crippen LogP contribution in [0.2, 0.25) is 5.02 Å². The zero-order chi connectivity index (χ0) is 17.4. The topological polar surface area (TPSA) is 36.7 Å². The lowest BCUT2D eigenvalue weighted by Crippen LogP contribution is -2.46. The molecule has 0 bridgehead atoms. The summed E-state index contributed by atoms with van der Waals surface area (Å²) in [4.78, 5) is 13.8. The molecule has 1 aliphatic heterocycles. The van der Waals surface area contributed by atoms with Crippen LogP contribution in [0.4, 0.5) is 5.69 Å². The minimum absolute atomic E-state index is 0.740. The Balaban J connectivity index is 1.48. The van der Waals surface area contributed by atoms with Crippen molar-refractivity contribution in [1.82, 2.24) is 19.3 Å². The fourth-order valence-electron chi connectivity index (χ4n) is 3.56. The van der Waals surface area contributed by atoms with Gasteiger partial charge in [-0.2, -0.15) is 0 Å². The third-order valence-electron chi connectivity index (χ3n) is 4.96. The van der Waals surface area contributed by atoms with E-state index < -0.39 is 0 Å². The van der Waals surface area contributed by atoms with Crippen molar-refractivity contribution >= 4 is 22.9 Å². The second-order valence-electron chi connectivity index (χ2n) is 6.64. The van der Waals surface area contributed by atoms with Crippen molar-refractivity contribution in [3.63, 3.8) is 0 Å². The molecular weight excluding hydrogens is 334 g/mol. The lowest BCUT2D eigenvalue weighted by molar-refractivity contribution is 0.246. The van der Waals surface area contributed by atoms with Gasteiger partial charge in [-0.3, -0.25) is 9.88 Å². The first kappa shape index (κ1) is 16.4. The Morgan fingerprint density at radius 1 is 1.08 bits per heavy atom. The zero-order valence-corrected chi connectivity index (χ0v) is 15.4. The molecule has 4 rings (SSSR count). The van der Waals surface area contributed by atoms with Gasteiger partial charge in [0.1, 0.15) is 5.65 Å². The van der Waals surface area contributed by atoms with Crippen molar-refractivity contribution in [2.75, 3.05) is 31.1 Å². The number of anilines is 1. The lowest BCUT2D eigenvalue weighted by Gasteiger charge is -2.36. The van der Waals surface area contributed by atoms with E-state index in [0.29, 0.717) is 0 Å². The Labute approximate surface area is 152 Å². The molecule has 25 heavy (non-hydrogen) atoms. The van der Waals surface area contributed by atoms with Gasteiger partial charge in [-0.25, -0.2) is 4.98 Å². The number of fused-ring (bicyclic) bond motifs is 1. The number of imidazole rings is 1. The highest BCUT2D eigenvalue weighted by molar-refractivity contribution is 6.30. The largest absolute Gasteiger partial charge is 0.369 e. The second kappa shape index (κ2) is 6.65. The van der Waals surface area contributed by atoms with Crippen molar-refractivity contribution < 1.29 is 0 Å². The third kappa shape index (κ3) is 3.22. The highest BCUT2D eigenvalue weighted by Gasteiger charge is 2.20. The average Bonchev–Trinajstić information content (AvgIpc) is 2.91. The smallest absolute Gasteiger partial charge is 0.137 e. The van der Waals surface area contributed by atoms with Crippen molar-refractivity contribution in [3.8, 4) is 0 Å². The fourth-order valence-corrected chi connectivity index (χ4v) is 3.72. The first-order chi connectivity index (χ1) is 12.1. The second-order valence-corrected chi connectivity index (χ2v) is 7.08. The van der Waals surface area contributed by atoms with Crippen molar-refractivity contribution in [1.29, 1.82) is 0 Å². The van der Waals surface area contributed by atoms with Gasteiger partial charge >= 0.3 is 0 Å². The van der Waals surface area contributed by atoms with E-state index in [4.69, 9.17) is 11.6 Å². The van der Waals surface area contributed by atoms with E-state index in [1.54, 1.807) is 0 Å². The van der Waals surface area contributed by atoms with Gasteiger partial charge in [0.2, 0.25) is 0 Å². The van der Waals surface area contributed by atoms with E-state index in [1.807, 2.05) is 30.7 Å². The molecule has 3 aromatic rings. The Morgan fingerprint density at radius 2 is 1.88 bits per heavy atom. The van der Waals surface area contributed by atoms with Gasteiger partial charge in [-0.1, -0.05) is 11.6 Å². The quantitative estimate of drug-likeness (QED) is 0.722. The molecular formula is C19H22ClN5. The molecule has 1 fully saturated rings. The first-order valence-corrected chi connectivity index (χ1v) is 9.00. The highest BCUT2D eigenvalue weighted by Crippen LogP contribution is 2.22. The molecule has 1 aliphatic rings. The molecule has 0 N–H and O–H groups in total. The van der Waals surface area contributed by atoms with E-state index in [-0.39, 0.29) is 0 Å². The Hall–Kier alpha value is -2.11. The summed E-state index contributed by atoms with van der Waals surface area (Å²) in [5.41, 5.74) is 5.80. The van der Waals surface area contributed by atoms with E-state index in [9.17, 15) is 0 Å². The maximum absolute atomic E-state index is 6.17. The molecule has 4 heterocycles. The van der Waals surface area contributed by atoms with Crippen LogP contribution in [0, 0.1) is 13.8 Å². The van der Waals surface area contributed by atoms with Crippen LogP contribution in [0.25, 0.3) is 5.65 Å². The summed E-state index contributed by atoms with van der Waals surface area (Å²) in [5, 5.41) is 0.740. The van der Waals surface area contributed by atoms with Crippen LogP contribution in [0.3, 0.4) is 0 Å². The maximum atomic E-state index is 6.17. The van der Waals surface area contributed by atoms with Crippen LogP contribution in [-0.2, 0) is 6.54 Å². The van der Waals surface area contributed by atoms with Gasteiger partial charge in [-0.15, -0.1) is 0 Å². The van der Waals surface area contributed by atoms with Crippen LogP contribution in [0.15, 0.2) is 36.8 Å². The summed E-state index contributed by atoms with van der Waals surface area (Å²) < 4.78 is 2.12. The molecule has 0 amide bonds. The number of aryl methyl sites for hydroxylation is 2. The minimum Gasteiger partial charge on any atom is -0.369 e. The number of hydrogen-bond acceptors (Lipinski definition) is 4. The van der Waals surface area contributed by atoms with Crippen molar-refractivity contribution in [2.45, 2.75) is 20.4 Å². The summed E-state index contributed by atoms with van der Waals surface area (Å²) in [7, 11) is 0. The molecule has 0 aromatic carbocycles. The van der Waals surface area contributed by atoms with Crippen molar-refractivity contribution in [2.24, 2.45) is 0 Å². The Kier molecular flexibility index (Phi) is 4.36. The monoisotopic (exact) mass is 355 g/mol. The first-order valence-electron chi connectivity index (χ1n) is 8.63. The van der Waals surface area contributed by atoms with Crippen LogP contribution in [-0.4, -0.2) is 45.4 Å². The van der Waals surface area contributed by atoms with Gasteiger partial charge in [-0.05, 0) is 37.6 Å². The van der Waals surface area contributed by atoms with Gasteiger partial charge in [0.15, 0.2) is 0 Å². The molecule has 0 radical (unpaired) electrons. The van der Waals surface area contributed by atoms with Crippen LogP contribution >= 0.6 is 11.6 Å². The van der Waals surface area contributed by atoms with Crippen LogP contribution < -0.4 is 4.90 Å². The van der Waals surface area contributed by atoms with E-state index >= 15 is 0 Å². The molecule has 0 saturated carbocycles. The van der Waals surface area contributed by atoms with E-state index in [2.05, 4.69) is 44.1 Å². The normalized spacial score (nSPS) is 15.9. The molecule has 0 spiro atoms. The maximum Gasteiger partial charge on any atom is 0.137 e. The van der Waals surface area contributed by atoms with Crippen LogP contribution in [0.5, 0.6) is 0 Å². The number of aromatic nitrogens is 3. The van der Waals surface area contributed by atoms with Gasteiger partial charge in [0.25, 0.3) is 0 Å². The predicted molar refractivity (Wildman–Crippen MR) is 101 cm³/mol. The standard InChI is InChI=1S/C19H22ClN5/c1-14-11-21-6-5-17(14)24-9-7-23(8-10-24)13-18-15(2)22-19-4-3-16(20)12-25(18)19/h3-6,11-12H,7-10,13H2,1-2H3. The van der Waals surface area contributed by atoms with Gasteiger partial charge in [0.05, 0.1) is 16.4 Å². The number of nitrogens with zero attached hydrogens (tertiary/aromatic N) is 5. The third-order valence-corrected chi connectivity index (χ3v) is 5.18. The van der Waals surface area contributed by atoms with E-state index in [1.165, 1.54) is 16.9 Å². The van der Waals surface area contributed by atoms with E-state index in [0.717, 1.165) is 49.1 Å². The molecule has 6 heteroatoms. The fraction of sp³-hybridized carbons (Fsp3) is 0.368. The minimum atomic E-state index is 0.740. The Bertz CT molecular complexity index is 896. The Morgan fingerprint density at radius 3 is 2.64 bits per heavy atom. The summed E-state index contributed by atoms with van der Waals surface area (Å²) >= 11 is 6.17. The summed E-state index contributed by atoms with van der Waals surface area (Å²) in [5.74, 6) is 0. The number of halogens is 1. The van der Waals surface area contributed by atoms with Crippen LogP contribution in [0.1, 0.15) is 17.0 Å². The summed E-state index contributed by atoms with van der Waals surface area (Å²) in [6.45, 7) is 9.23. The molecule has 3 aromatic heterocycles. The molecule has 0 unspecified atom stereocenters. The van der Waals surface area contributed by atoms with Crippen molar-refractivity contribution in [3.05, 3.63) is 58.8 Å². The highest BCUT2D eigenvalue weighted by atomic mass is 35.5. The molecule has 1 saturated heterocycles. The SMILES string of the molecule is Cc1cnccc1N1CCN(Cc2c(C)nc3ccc(Cl)cn23)CC1. The molecule has 130 valence electrons. The molecule has 0 aliphatic carbocycles. The number of hydrogen-bond donors (Lipinski definition) is 0. The number of rotatable bonds is 3. The summed E-state index contributed by atoms with van der Waals surface area (Å²) in [6, 6.07) is 5.98. The van der Waals surface area contributed by atoms with Gasteiger partial charge in [0, 0.05) is 57.0 Å². The zero-order valence-electron chi connectivity index (χ0n) is 14.6. The predicted octanol–water partition coefficient (Wildman–Crippen LogP) is 3.32.